The van der Waals surface area contributed by atoms with Crippen molar-refractivity contribution in [1.29, 1.82) is 5.26 Å². The van der Waals surface area contributed by atoms with Gasteiger partial charge in [0, 0.05) is 25.6 Å². The van der Waals surface area contributed by atoms with E-state index in [0.29, 0.717) is 12.5 Å². The summed E-state index contributed by atoms with van der Waals surface area (Å²) >= 11 is 0. The molecular formula is C13H20N2. The minimum Gasteiger partial charge on any atom is -0.296 e. The van der Waals surface area contributed by atoms with Crippen LogP contribution in [0.2, 0.25) is 0 Å². The van der Waals surface area contributed by atoms with Crippen molar-refractivity contribution in [1.82, 2.24) is 4.90 Å². The summed E-state index contributed by atoms with van der Waals surface area (Å²) in [6.07, 6.45) is 12.0. The number of allylic oxidation sites excluding steroid dienone is 1. The molecule has 2 heteroatoms. The van der Waals surface area contributed by atoms with E-state index >= 15 is 0 Å². The summed E-state index contributed by atoms with van der Waals surface area (Å²) in [5.41, 5.74) is 0. The lowest BCUT2D eigenvalue weighted by atomic mass is 10.0. The molecule has 0 bridgehead atoms. The summed E-state index contributed by atoms with van der Waals surface area (Å²) in [5.74, 6) is 0.930. The van der Waals surface area contributed by atoms with Gasteiger partial charge in [0.05, 0.1) is 6.07 Å². The van der Waals surface area contributed by atoms with Crippen LogP contribution in [0, 0.1) is 17.2 Å². The zero-order valence-electron chi connectivity index (χ0n) is 9.36. The average molecular weight is 204 g/mol. The van der Waals surface area contributed by atoms with E-state index < -0.39 is 0 Å². The first-order valence-electron chi connectivity index (χ1n) is 6.18. The maximum atomic E-state index is 8.67. The van der Waals surface area contributed by atoms with Gasteiger partial charge in [-0.25, -0.2) is 0 Å². The van der Waals surface area contributed by atoms with Crippen LogP contribution in [0.4, 0.5) is 0 Å². The number of rotatable bonds is 5. The number of nitrogens with zero attached hydrogens (tertiary/aromatic N) is 2. The van der Waals surface area contributed by atoms with E-state index in [9.17, 15) is 0 Å². The summed E-state index contributed by atoms with van der Waals surface area (Å²) in [6, 6.07) is 2.88. The predicted molar refractivity (Wildman–Crippen MR) is 61.3 cm³/mol. The summed E-state index contributed by atoms with van der Waals surface area (Å²) in [5, 5.41) is 8.67. The lowest BCUT2D eigenvalue weighted by Crippen LogP contribution is -2.37. The van der Waals surface area contributed by atoms with Gasteiger partial charge in [0.1, 0.15) is 0 Å². The van der Waals surface area contributed by atoms with E-state index in [-0.39, 0.29) is 0 Å². The quantitative estimate of drug-likeness (QED) is 0.644. The molecule has 0 spiro atoms. The Balaban J connectivity index is 1.86. The predicted octanol–water partition coefficient (Wildman–Crippen LogP) is 2.72. The molecular weight excluding hydrogens is 184 g/mol. The first-order valence-corrected chi connectivity index (χ1v) is 6.18. The Morgan fingerprint density at radius 1 is 1.33 bits per heavy atom. The van der Waals surface area contributed by atoms with Crippen LogP contribution in [-0.4, -0.2) is 24.0 Å². The van der Waals surface area contributed by atoms with Gasteiger partial charge < -0.3 is 0 Å². The highest BCUT2D eigenvalue weighted by Gasteiger charge is 2.27. The maximum absolute atomic E-state index is 8.67. The molecule has 2 aliphatic rings. The van der Waals surface area contributed by atoms with Gasteiger partial charge in [0.25, 0.3) is 0 Å². The smallest absolute Gasteiger partial charge is 0.0635 e. The number of hydrogen-bond donors (Lipinski definition) is 0. The fourth-order valence-electron chi connectivity index (χ4n) is 2.32. The molecule has 0 saturated heterocycles. The van der Waals surface area contributed by atoms with Gasteiger partial charge in [-0.2, -0.15) is 5.26 Å². The third-order valence-corrected chi connectivity index (χ3v) is 3.40. The molecule has 0 amide bonds. The molecule has 0 heterocycles. The minimum absolute atomic E-state index is 0.618. The van der Waals surface area contributed by atoms with Crippen LogP contribution >= 0.6 is 0 Å². The Labute approximate surface area is 92.6 Å². The molecule has 0 radical (unpaired) electrons. The van der Waals surface area contributed by atoms with Crippen LogP contribution in [0.5, 0.6) is 0 Å². The lowest BCUT2D eigenvalue weighted by molar-refractivity contribution is 0.209. The highest BCUT2D eigenvalue weighted by Crippen LogP contribution is 2.31. The molecule has 2 nitrogen and oxygen atoms in total. The summed E-state index contributed by atoms with van der Waals surface area (Å²) in [4.78, 5) is 2.52. The molecule has 0 aromatic heterocycles. The van der Waals surface area contributed by atoms with Crippen molar-refractivity contribution in [3.63, 3.8) is 0 Å². The molecule has 2 aliphatic carbocycles. The van der Waals surface area contributed by atoms with Gasteiger partial charge in [-0.05, 0) is 38.0 Å². The van der Waals surface area contributed by atoms with Crippen LogP contribution in [0.1, 0.15) is 38.5 Å². The lowest BCUT2D eigenvalue weighted by Gasteiger charge is -2.30. The summed E-state index contributed by atoms with van der Waals surface area (Å²) < 4.78 is 0. The Hall–Kier alpha value is -0.810. The fourth-order valence-corrected chi connectivity index (χ4v) is 2.32. The SMILES string of the molecule is N#CCCN(CC1CC1)C1C=CCCC1. The largest absolute Gasteiger partial charge is 0.296 e. The molecule has 2 rings (SSSR count). The molecule has 0 aliphatic heterocycles. The van der Waals surface area contributed by atoms with Crippen molar-refractivity contribution >= 4 is 0 Å². The third kappa shape index (κ3) is 3.35. The second kappa shape index (κ2) is 5.32. The Kier molecular flexibility index (Phi) is 3.80. The normalized spacial score (nSPS) is 25.5. The second-order valence-corrected chi connectivity index (χ2v) is 4.77. The molecule has 1 saturated carbocycles. The monoisotopic (exact) mass is 204 g/mol. The molecule has 15 heavy (non-hydrogen) atoms. The highest BCUT2D eigenvalue weighted by molar-refractivity contribution is 4.99. The first kappa shape index (κ1) is 10.7. The van der Waals surface area contributed by atoms with Crippen molar-refractivity contribution in [2.24, 2.45) is 5.92 Å². The van der Waals surface area contributed by atoms with Crippen molar-refractivity contribution < 1.29 is 0 Å². The summed E-state index contributed by atoms with van der Waals surface area (Å²) in [7, 11) is 0. The number of nitriles is 1. The van der Waals surface area contributed by atoms with Crippen LogP contribution in [-0.2, 0) is 0 Å². The zero-order chi connectivity index (χ0) is 10.5. The molecule has 0 aromatic rings. The van der Waals surface area contributed by atoms with Gasteiger partial charge >= 0.3 is 0 Å². The van der Waals surface area contributed by atoms with E-state index in [1.54, 1.807) is 0 Å². The Morgan fingerprint density at radius 2 is 2.20 bits per heavy atom. The maximum Gasteiger partial charge on any atom is 0.0635 e. The minimum atomic E-state index is 0.618. The molecule has 82 valence electrons. The first-order chi connectivity index (χ1) is 7.40. The molecule has 0 N–H and O–H groups in total. The molecule has 1 fully saturated rings. The average Bonchev–Trinajstić information content (AvgIpc) is 3.09. The standard InChI is InChI=1S/C13H20N2/c14-9-4-10-15(11-12-7-8-12)13-5-2-1-3-6-13/h2,5,12-13H,1,3-4,6-8,10-11H2. The topological polar surface area (TPSA) is 27.0 Å². The van der Waals surface area contributed by atoms with E-state index in [4.69, 9.17) is 5.26 Å². The van der Waals surface area contributed by atoms with Crippen molar-refractivity contribution in [2.75, 3.05) is 13.1 Å². The second-order valence-electron chi connectivity index (χ2n) is 4.77. The highest BCUT2D eigenvalue weighted by atomic mass is 15.2. The van der Waals surface area contributed by atoms with Crippen LogP contribution in [0.15, 0.2) is 12.2 Å². The van der Waals surface area contributed by atoms with Crippen LogP contribution in [0.3, 0.4) is 0 Å². The molecule has 1 atom stereocenters. The Bertz CT molecular complexity index is 260. The van der Waals surface area contributed by atoms with Crippen molar-refractivity contribution in [3.8, 4) is 6.07 Å². The number of hydrogen-bond acceptors (Lipinski definition) is 2. The van der Waals surface area contributed by atoms with Crippen LogP contribution in [0.25, 0.3) is 0 Å². The van der Waals surface area contributed by atoms with E-state index in [1.165, 1.54) is 38.6 Å². The third-order valence-electron chi connectivity index (χ3n) is 3.40. The molecule has 1 unspecified atom stereocenters. The van der Waals surface area contributed by atoms with Crippen molar-refractivity contribution in [3.05, 3.63) is 12.2 Å². The van der Waals surface area contributed by atoms with Crippen molar-refractivity contribution in [2.45, 2.75) is 44.6 Å². The summed E-state index contributed by atoms with van der Waals surface area (Å²) in [6.45, 7) is 2.18. The molecule has 0 aromatic carbocycles. The van der Waals surface area contributed by atoms with E-state index in [0.717, 1.165) is 12.5 Å². The van der Waals surface area contributed by atoms with Gasteiger partial charge in [0.2, 0.25) is 0 Å². The van der Waals surface area contributed by atoms with E-state index in [1.807, 2.05) is 0 Å². The van der Waals surface area contributed by atoms with Gasteiger partial charge in [0.15, 0.2) is 0 Å². The zero-order valence-corrected chi connectivity index (χ0v) is 9.36. The van der Waals surface area contributed by atoms with E-state index in [2.05, 4.69) is 23.1 Å². The van der Waals surface area contributed by atoms with Gasteiger partial charge in [-0.1, -0.05) is 12.2 Å². The fraction of sp³-hybridized carbons (Fsp3) is 0.769. The van der Waals surface area contributed by atoms with Crippen LogP contribution < -0.4 is 0 Å². The van der Waals surface area contributed by atoms with Gasteiger partial charge in [-0.15, -0.1) is 0 Å². The van der Waals surface area contributed by atoms with Gasteiger partial charge in [-0.3, -0.25) is 4.90 Å². The Morgan fingerprint density at radius 3 is 2.80 bits per heavy atom.